The van der Waals surface area contributed by atoms with Crippen LogP contribution in [-0.2, 0) is 9.84 Å². The average molecular weight is 193 g/mol. The van der Waals surface area contributed by atoms with Gasteiger partial charge in [-0.1, -0.05) is 20.8 Å². The largest absolute Gasteiger partial charge is 0.315 e. The molecular weight excluding hydrogens is 174 g/mol. The smallest absolute Gasteiger partial charge is 0.149 e. The van der Waals surface area contributed by atoms with Crippen molar-refractivity contribution in [3.63, 3.8) is 0 Å². The Morgan fingerprint density at radius 1 is 1.33 bits per heavy atom. The maximum absolute atomic E-state index is 11.0. The molecule has 0 aromatic heterocycles. The standard InChI is InChI=1S/C8H19NO2S/c1-8(2,3)7(9-4)6-12(5,10)11/h7,9H,6H2,1-5H3. The zero-order chi connectivity index (χ0) is 9.99. The molecule has 4 heteroatoms. The van der Waals surface area contributed by atoms with Crippen molar-refractivity contribution in [3.8, 4) is 0 Å². The highest BCUT2D eigenvalue weighted by Gasteiger charge is 2.26. The third kappa shape index (κ3) is 4.72. The van der Waals surface area contributed by atoms with Crippen LogP contribution in [0.1, 0.15) is 20.8 Å². The summed E-state index contributed by atoms with van der Waals surface area (Å²) >= 11 is 0. The Kier molecular flexibility index (Phi) is 3.72. The molecule has 3 nitrogen and oxygen atoms in total. The summed E-state index contributed by atoms with van der Waals surface area (Å²) in [7, 11) is -1.09. The molecule has 12 heavy (non-hydrogen) atoms. The van der Waals surface area contributed by atoms with Gasteiger partial charge in [-0.2, -0.15) is 0 Å². The predicted octanol–water partition coefficient (Wildman–Crippen LogP) is 0.665. The van der Waals surface area contributed by atoms with Crippen LogP contribution in [0.15, 0.2) is 0 Å². The number of nitrogens with one attached hydrogen (secondary N) is 1. The van der Waals surface area contributed by atoms with Crippen LogP contribution in [-0.4, -0.2) is 33.5 Å². The van der Waals surface area contributed by atoms with E-state index in [0.717, 1.165) is 0 Å². The maximum atomic E-state index is 11.0. The Balaban J connectivity index is 4.41. The fourth-order valence-electron chi connectivity index (χ4n) is 1.07. The lowest BCUT2D eigenvalue weighted by atomic mass is 9.88. The van der Waals surface area contributed by atoms with Gasteiger partial charge in [0.1, 0.15) is 9.84 Å². The van der Waals surface area contributed by atoms with Crippen molar-refractivity contribution in [2.45, 2.75) is 26.8 Å². The lowest BCUT2D eigenvalue weighted by Crippen LogP contribution is -2.43. The summed E-state index contributed by atoms with van der Waals surface area (Å²) in [4.78, 5) is 0. The van der Waals surface area contributed by atoms with Crippen LogP contribution in [0.25, 0.3) is 0 Å². The Hall–Kier alpha value is -0.0900. The normalized spacial score (nSPS) is 16.1. The van der Waals surface area contributed by atoms with E-state index in [1.165, 1.54) is 6.26 Å². The van der Waals surface area contributed by atoms with E-state index in [4.69, 9.17) is 0 Å². The summed E-state index contributed by atoms with van der Waals surface area (Å²) < 4.78 is 22.0. The molecule has 0 saturated carbocycles. The molecule has 0 aliphatic rings. The molecular formula is C8H19NO2S. The van der Waals surface area contributed by atoms with E-state index in [2.05, 4.69) is 5.32 Å². The molecule has 0 aliphatic carbocycles. The second kappa shape index (κ2) is 3.75. The summed E-state index contributed by atoms with van der Waals surface area (Å²) in [5, 5.41) is 3.02. The van der Waals surface area contributed by atoms with Crippen LogP contribution in [0.5, 0.6) is 0 Å². The monoisotopic (exact) mass is 193 g/mol. The first-order chi connectivity index (χ1) is 5.17. The van der Waals surface area contributed by atoms with Crippen LogP contribution >= 0.6 is 0 Å². The topological polar surface area (TPSA) is 46.2 Å². The fourth-order valence-corrected chi connectivity index (χ4v) is 2.34. The molecule has 0 radical (unpaired) electrons. The summed E-state index contributed by atoms with van der Waals surface area (Å²) in [6, 6.07) is 0.0208. The molecule has 0 aromatic rings. The molecule has 0 fully saturated rings. The van der Waals surface area contributed by atoms with Crippen molar-refractivity contribution in [1.29, 1.82) is 0 Å². The van der Waals surface area contributed by atoms with Crippen LogP contribution in [0.3, 0.4) is 0 Å². The molecule has 1 unspecified atom stereocenters. The second-order valence-corrected chi connectivity index (χ2v) is 6.48. The highest BCUT2D eigenvalue weighted by atomic mass is 32.2. The van der Waals surface area contributed by atoms with Gasteiger partial charge in [0.15, 0.2) is 0 Å². The van der Waals surface area contributed by atoms with Gasteiger partial charge in [-0.05, 0) is 12.5 Å². The minimum atomic E-state index is -2.88. The van der Waals surface area contributed by atoms with Crippen LogP contribution < -0.4 is 5.32 Å². The predicted molar refractivity (Wildman–Crippen MR) is 52.0 cm³/mol. The highest BCUT2D eigenvalue weighted by Crippen LogP contribution is 2.19. The van der Waals surface area contributed by atoms with Crippen LogP contribution in [0, 0.1) is 5.41 Å². The molecule has 0 heterocycles. The maximum Gasteiger partial charge on any atom is 0.149 e. The average Bonchev–Trinajstić information content (AvgIpc) is 1.78. The van der Waals surface area contributed by atoms with E-state index < -0.39 is 9.84 Å². The Morgan fingerprint density at radius 2 is 1.75 bits per heavy atom. The van der Waals surface area contributed by atoms with Gasteiger partial charge in [0.2, 0.25) is 0 Å². The van der Waals surface area contributed by atoms with Gasteiger partial charge in [-0.25, -0.2) is 8.42 Å². The van der Waals surface area contributed by atoms with Gasteiger partial charge in [0.25, 0.3) is 0 Å². The number of hydrogen-bond acceptors (Lipinski definition) is 3. The summed E-state index contributed by atoms with van der Waals surface area (Å²) in [6.07, 6.45) is 1.27. The molecule has 0 aliphatic heterocycles. The van der Waals surface area contributed by atoms with E-state index in [0.29, 0.717) is 0 Å². The first-order valence-corrected chi connectivity index (χ1v) is 6.08. The molecule has 0 bridgehead atoms. The van der Waals surface area contributed by atoms with Crippen LogP contribution in [0.4, 0.5) is 0 Å². The molecule has 0 aromatic carbocycles. The van der Waals surface area contributed by atoms with E-state index in [9.17, 15) is 8.42 Å². The van der Waals surface area contributed by atoms with Gasteiger partial charge in [0, 0.05) is 12.3 Å². The van der Waals surface area contributed by atoms with Crippen molar-refractivity contribution >= 4 is 9.84 Å². The van der Waals surface area contributed by atoms with Crippen LogP contribution in [0.2, 0.25) is 0 Å². The van der Waals surface area contributed by atoms with Gasteiger partial charge in [-0.3, -0.25) is 0 Å². The Labute approximate surface area is 75.5 Å². The lowest BCUT2D eigenvalue weighted by molar-refractivity contribution is 0.302. The third-order valence-corrected chi connectivity index (χ3v) is 2.80. The fraction of sp³-hybridized carbons (Fsp3) is 1.00. The molecule has 0 rings (SSSR count). The van der Waals surface area contributed by atoms with Crippen molar-refractivity contribution in [3.05, 3.63) is 0 Å². The summed E-state index contributed by atoms with van der Waals surface area (Å²) in [5.74, 6) is 0.201. The zero-order valence-corrected chi connectivity index (χ0v) is 9.33. The molecule has 0 amide bonds. The SMILES string of the molecule is CNC(CS(C)(=O)=O)C(C)(C)C. The van der Waals surface area contributed by atoms with Gasteiger partial charge >= 0.3 is 0 Å². The van der Waals surface area contributed by atoms with E-state index in [-0.39, 0.29) is 17.2 Å². The molecule has 0 saturated heterocycles. The molecule has 1 N–H and O–H groups in total. The first-order valence-electron chi connectivity index (χ1n) is 4.02. The van der Waals surface area contributed by atoms with Crippen molar-refractivity contribution < 1.29 is 8.42 Å². The zero-order valence-electron chi connectivity index (χ0n) is 8.51. The van der Waals surface area contributed by atoms with Crippen molar-refractivity contribution in [2.24, 2.45) is 5.41 Å². The molecule has 1 atom stereocenters. The lowest BCUT2D eigenvalue weighted by Gasteiger charge is -2.29. The minimum Gasteiger partial charge on any atom is -0.315 e. The van der Waals surface area contributed by atoms with Gasteiger partial charge in [-0.15, -0.1) is 0 Å². The first kappa shape index (κ1) is 11.9. The van der Waals surface area contributed by atoms with Gasteiger partial charge in [0.05, 0.1) is 5.75 Å². The quantitative estimate of drug-likeness (QED) is 0.716. The molecule has 74 valence electrons. The van der Waals surface area contributed by atoms with Crippen molar-refractivity contribution in [2.75, 3.05) is 19.1 Å². The van der Waals surface area contributed by atoms with E-state index in [1.54, 1.807) is 7.05 Å². The highest BCUT2D eigenvalue weighted by molar-refractivity contribution is 7.90. The number of sulfone groups is 1. The minimum absolute atomic E-state index is 0.0160. The third-order valence-electron chi connectivity index (χ3n) is 1.86. The second-order valence-electron chi connectivity index (χ2n) is 4.30. The Morgan fingerprint density at radius 3 is 1.83 bits per heavy atom. The Bertz CT molecular complexity index is 226. The summed E-state index contributed by atoms with van der Waals surface area (Å²) in [6.45, 7) is 6.08. The van der Waals surface area contributed by atoms with E-state index in [1.807, 2.05) is 20.8 Å². The van der Waals surface area contributed by atoms with E-state index >= 15 is 0 Å². The number of hydrogen-bond donors (Lipinski definition) is 1. The summed E-state index contributed by atoms with van der Waals surface area (Å²) in [5.41, 5.74) is -0.0160. The molecule has 0 spiro atoms. The van der Waals surface area contributed by atoms with Crippen molar-refractivity contribution in [1.82, 2.24) is 5.32 Å². The van der Waals surface area contributed by atoms with Gasteiger partial charge < -0.3 is 5.32 Å². The number of rotatable bonds is 3.